The molecule has 0 fully saturated rings. The Morgan fingerprint density at radius 2 is 1.43 bits per heavy atom. The number of nitrogens with one attached hydrogen (secondary N) is 3. The molecule has 1 aromatic carbocycles. The van der Waals surface area contributed by atoms with E-state index in [-0.39, 0.29) is 30.3 Å². The van der Waals surface area contributed by atoms with Crippen LogP contribution in [0.4, 0.5) is 4.79 Å². The summed E-state index contributed by atoms with van der Waals surface area (Å²) in [5.74, 6) is -0.796. The number of ether oxygens (including phenoxy) is 1. The number of carbonyl (C=O) groups is 3. The van der Waals surface area contributed by atoms with Crippen molar-refractivity contribution in [1.29, 1.82) is 0 Å². The molecule has 0 heterocycles. The standard InChI is InChI=1S/C21H33N3O4/c1-6-14(3)17(19(25)22-5)23-20(26)18(15(4)7-2)24-21(27)28-13-16-11-9-8-10-12-16/h8-12,14-15,17-18H,6-7,13H2,1-5H3,(H,22,25)(H,23,26)(H,24,27). The molecule has 0 saturated heterocycles. The third-order valence-electron chi connectivity index (χ3n) is 5.02. The minimum Gasteiger partial charge on any atom is -0.445 e. The molecule has 7 nitrogen and oxygen atoms in total. The van der Waals surface area contributed by atoms with Crippen LogP contribution in [0.25, 0.3) is 0 Å². The number of likely N-dealkylation sites (N-methyl/N-ethyl adjacent to an activating group) is 1. The molecule has 0 spiro atoms. The maximum absolute atomic E-state index is 12.8. The van der Waals surface area contributed by atoms with Gasteiger partial charge in [-0.3, -0.25) is 9.59 Å². The Hall–Kier alpha value is -2.57. The lowest BCUT2D eigenvalue weighted by Gasteiger charge is -2.28. The van der Waals surface area contributed by atoms with Gasteiger partial charge in [0.2, 0.25) is 11.8 Å². The van der Waals surface area contributed by atoms with Gasteiger partial charge in [0.05, 0.1) is 0 Å². The monoisotopic (exact) mass is 391 g/mol. The van der Waals surface area contributed by atoms with Gasteiger partial charge >= 0.3 is 6.09 Å². The molecular weight excluding hydrogens is 358 g/mol. The summed E-state index contributed by atoms with van der Waals surface area (Å²) in [6.07, 6.45) is 0.758. The van der Waals surface area contributed by atoms with Gasteiger partial charge in [-0.25, -0.2) is 4.79 Å². The van der Waals surface area contributed by atoms with E-state index in [1.54, 1.807) is 0 Å². The van der Waals surface area contributed by atoms with Crippen molar-refractivity contribution in [3.05, 3.63) is 35.9 Å². The first-order chi connectivity index (χ1) is 13.3. The van der Waals surface area contributed by atoms with Gasteiger partial charge < -0.3 is 20.7 Å². The van der Waals surface area contributed by atoms with E-state index in [1.807, 2.05) is 58.0 Å². The Morgan fingerprint density at radius 1 is 0.893 bits per heavy atom. The summed E-state index contributed by atoms with van der Waals surface area (Å²) in [4.78, 5) is 37.2. The fraction of sp³-hybridized carbons (Fsp3) is 0.571. The fourth-order valence-electron chi connectivity index (χ4n) is 2.69. The van der Waals surface area contributed by atoms with Crippen LogP contribution in [0.2, 0.25) is 0 Å². The Balaban J connectivity index is 2.78. The van der Waals surface area contributed by atoms with E-state index in [2.05, 4.69) is 16.0 Å². The van der Waals surface area contributed by atoms with Gasteiger partial charge in [0.1, 0.15) is 18.7 Å². The SMILES string of the molecule is CCC(C)C(NC(=O)OCc1ccccc1)C(=O)NC(C(=O)NC)C(C)CC. The normalized spacial score (nSPS) is 14.9. The molecule has 7 heteroatoms. The molecule has 0 radical (unpaired) electrons. The third-order valence-corrected chi connectivity index (χ3v) is 5.02. The van der Waals surface area contributed by atoms with Crippen LogP contribution in [0.1, 0.15) is 46.1 Å². The van der Waals surface area contributed by atoms with Crippen molar-refractivity contribution >= 4 is 17.9 Å². The molecule has 3 amide bonds. The minimum atomic E-state index is -0.788. The Bertz CT molecular complexity index is 636. The molecule has 0 aliphatic rings. The van der Waals surface area contributed by atoms with Crippen LogP contribution >= 0.6 is 0 Å². The molecule has 0 aromatic heterocycles. The van der Waals surface area contributed by atoms with Gasteiger partial charge in [-0.1, -0.05) is 70.9 Å². The second-order valence-electron chi connectivity index (χ2n) is 7.06. The van der Waals surface area contributed by atoms with Crippen molar-refractivity contribution in [3.8, 4) is 0 Å². The van der Waals surface area contributed by atoms with Crippen molar-refractivity contribution in [3.63, 3.8) is 0 Å². The average molecular weight is 392 g/mol. The van der Waals surface area contributed by atoms with Crippen molar-refractivity contribution in [2.24, 2.45) is 11.8 Å². The zero-order valence-corrected chi connectivity index (χ0v) is 17.5. The van der Waals surface area contributed by atoms with Gasteiger partial charge in [-0.2, -0.15) is 0 Å². The number of amides is 3. The van der Waals surface area contributed by atoms with Crippen molar-refractivity contribution in [2.45, 2.75) is 59.2 Å². The molecule has 1 rings (SSSR count). The molecule has 156 valence electrons. The highest BCUT2D eigenvalue weighted by molar-refractivity contribution is 5.91. The first-order valence-electron chi connectivity index (χ1n) is 9.83. The lowest BCUT2D eigenvalue weighted by molar-refractivity contribution is -0.131. The maximum Gasteiger partial charge on any atom is 0.408 e. The van der Waals surface area contributed by atoms with E-state index in [0.29, 0.717) is 6.42 Å². The molecule has 28 heavy (non-hydrogen) atoms. The number of rotatable bonds is 10. The lowest BCUT2D eigenvalue weighted by Crippen LogP contribution is -2.57. The van der Waals surface area contributed by atoms with Crippen LogP contribution in [0, 0.1) is 11.8 Å². The molecule has 4 atom stereocenters. The summed E-state index contributed by atoms with van der Waals surface area (Å²) in [6.45, 7) is 7.79. The number of alkyl carbamates (subject to hydrolysis) is 1. The van der Waals surface area contributed by atoms with Gasteiger partial charge in [-0.15, -0.1) is 0 Å². The number of carbonyl (C=O) groups excluding carboxylic acids is 3. The number of hydrogen-bond donors (Lipinski definition) is 3. The zero-order chi connectivity index (χ0) is 21.1. The molecule has 0 aliphatic carbocycles. The average Bonchev–Trinajstić information content (AvgIpc) is 2.73. The van der Waals surface area contributed by atoms with E-state index < -0.39 is 18.2 Å². The Kier molecular flexibility index (Phi) is 10.1. The summed E-state index contributed by atoms with van der Waals surface area (Å²) in [5, 5.41) is 8.03. The summed E-state index contributed by atoms with van der Waals surface area (Å²) >= 11 is 0. The smallest absolute Gasteiger partial charge is 0.408 e. The van der Waals surface area contributed by atoms with E-state index in [4.69, 9.17) is 4.74 Å². The van der Waals surface area contributed by atoms with Gasteiger partial charge in [0.15, 0.2) is 0 Å². The second kappa shape index (κ2) is 12.0. The summed E-state index contributed by atoms with van der Waals surface area (Å²) in [6, 6.07) is 7.87. The largest absolute Gasteiger partial charge is 0.445 e. The summed E-state index contributed by atoms with van der Waals surface area (Å²) < 4.78 is 5.24. The number of benzene rings is 1. The van der Waals surface area contributed by atoms with Crippen LogP contribution in [0.3, 0.4) is 0 Å². The first-order valence-corrected chi connectivity index (χ1v) is 9.83. The Morgan fingerprint density at radius 3 is 1.93 bits per heavy atom. The molecule has 3 N–H and O–H groups in total. The lowest BCUT2D eigenvalue weighted by atomic mass is 9.95. The van der Waals surface area contributed by atoms with Gasteiger partial charge in [-0.05, 0) is 17.4 Å². The first kappa shape index (κ1) is 23.5. The van der Waals surface area contributed by atoms with Crippen LogP contribution in [-0.4, -0.2) is 37.0 Å². The van der Waals surface area contributed by atoms with Crippen molar-refractivity contribution < 1.29 is 19.1 Å². The molecule has 0 bridgehead atoms. The number of hydrogen-bond acceptors (Lipinski definition) is 4. The topological polar surface area (TPSA) is 96.5 Å². The molecule has 0 saturated carbocycles. The van der Waals surface area contributed by atoms with E-state index in [0.717, 1.165) is 12.0 Å². The second-order valence-corrected chi connectivity index (χ2v) is 7.06. The van der Waals surface area contributed by atoms with Crippen LogP contribution in [0.5, 0.6) is 0 Å². The predicted molar refractivity (Wildman–Crippen MR) is 108 cm³/mol. The fourth-order valence-corrected chi connectivity index (χ4v) is 2.69. The van der Waals surface area contributed by atoms with E-state index in [1.165, 1.54) is 7.05 Å². The summed E-state index contributed by atoms with van der Waals surface area (Å²) in [7, 11) is 1.54. The molecule has 0 aliphatic heterocycles. The molecule has 1 aromatic rings. The molecular formula is C21H33N3O4. The van der Waals surface area contributed by atoms with Crippen LogP contribution < -0.4 is 16.0 Å². The minimum absolute atomic E-state index is 0.0356. The highest BCUT2D eigenvalue weighted by atomic mass is 16.5. The quantitative estimate of drug-likeness (QED) is 0.571. The highest BCUT2D eigenvalue weighted by Gasteiger charge is 2.31. The van der Waals surface area contributed by atoms with Gasteiger partial charge in [0, 0.05) is 7.05 Å². The maximum atomic E-state index is 12.8. The summed E-state index contributed by atoms with van der Waals surface area (Å²) in [5.41, 5.74) is 0.860. The van der Waals surface area contributed by atoms with Crippen molar-refractivity contribution in [2.75, 3.05) is 7.05 Å². The third kappa shape index (κ3) is 7.21. The van der Waals surface area contributed by atoms with E-state index in [9.17, 15) is 14.4 Å². The van der Waals surface area contributed by atoms with Crippen molar-refractivity contribution in [1.82, 2.24) is 16.0 Å². The Labute approximate surface area is 167 Å². The van der Waals surface area contributed by atoms with Gasteiger partial charge in [0.25, 0.3) is 0 Å². The highest BCUT2D eigenvalue weighted by Crippen LogP contribution is 2.12. The molecule has 4 unspecified atom stereocenters. The van der Waals surface area contributed by atoms with Crippen LogP contribution in [0.15, 0.2) is 30.3 Å². The van der Waals surface area contributed by atoms with E-state index >= 15 is 0 Å². The zero-order valence-electron chi connectivity index (χ0n) is 17.5. The van der Waals surface area contributed by atoms with Crippen LogP contribution in [-0.2, 0) is 20.9 Å². The predicted octanol–water partition coefficient (Wildman–Crippen LogP) is 2.60.